The van der Waals surface area contributed by atoms with Crippen LogP contribution >= 0.6 is 0 Å². The van der Waals surface area contributed by atoms with Crippen molar-refractivity contribution in [1.29, 1.82) is 0 Å². The molecule has 0 aliphatic heterocycles. The lowest BCUT2D eigenvalue weighted by molar-refractivity contribution is -0.142. The van der Waals surface area contributed by atoms with E-state index in [9.17, 15) is 14.7 Å². The summed E-state index contributed by atoms with van der Waals surface area (Å²) in [5.41, 5.74) is 1.06. The second kappa shape index (κ2) is 8.11. The van der Waals surface area contributed by atoms with Gasteiger partial charge >= 0.3 is 5.97 Å². The second-order valence-corrected chi connectivity index (χ2v) is 6.78. The number of carboxylic acid groups (broad SMARTS) is 1. The molecule has 1 atom stereocenters. The summed E-state index contributed by atoms with van der Waals surface area (Å²) >= 11 is 0. The first-order chi connectivity index (χ1) is 11.7. The van der Waals surface area contributed by atoms with Crippen molar-refractivity contribution in [2.45, 2.75) is 51.7 Å². The Morgan fingerprint density at radius 3 is 2.68 bits per heavy atom. The molecule has 1 amide bonds. The smallest absolute Gasteiger partial charge is 0.326 e. The predicted molar refractivity (Wildman–Crippen MR) is 92.2 cm³/mol. The van der Waals surface area contributed by atoms with Gasteiger partial charge in [0.05, 0.1) is 5.60 Å². The molecule has 2 N–H and O–H groups in total. The van der Waals surface area contributed by atoms with Crippen LogP contribution in [-0.2, 0) is 20.7 Å². The Bertz CT molecular complexity index is 699. The number of aryl methyl sites for hydroxylation is 1. The van der Waals surface area contributed by atoms with E-state index >= 15 is 0 Å². The van der Waals surface area contributed by atoms with Crippen molar-refractivity contribution in [3.8, 4) is 0 Å². The maximum atomic E-state index is 12.0. The highest BCUT2D eigenvalue weighted by Gasteiger charge is 2.21. The quantitative estimate of drug-likeness (QED) is 0.760. The van der Waals surface area contributed by atoms with Gasteiger partial charge in [0.2, 0.25) is 5.91 Å². The number of carbonyl (C=O) groups is 2. The number of fused-ring (bicyclic) bond motifs is 1. The Labute approximate surface area is 146 Å². The molecular weight excluding hydrogens is 324 g/mol. The SMILES string of the molecule is CC(C)(C)OCCC(NC(=O)CCc1nc2ccccc2o1)C(=O)O. The fraction of sp³-hybridized carbons (Fsp3) is 0.500. The van der Waals surface area contributed by atoms with Crippen LogP contribution in [-0.4, -0.2) is 40.2 Å². The molecule has 1 unspecified atom stereocenters. The van der Waals surface area contributed by atoms with Crippen LogP contribution in [0, 0.1) is 0 Å². The van der Waals surface area contributed by atoms with Crippen molar-refractivity contribution in [3.63, 3.8) is 0 Å². The molecule has 1 heterocycles. The molecule has 0 spiro atoms. The van der Waals surface area contributed by atoms with Crippen molar-refractivity contribution >= 4 is 23.0 Å². The first-order valence-electron chi connectivity index (χ1n) is 8.25. The minimum Gasteiger partial charge on any atom is -0.480 e. The van der Waals surface area contributed by atoms with Gasteiger partial charge in [-0.15, -0.1) is 0 Å². The van der Waals surface area contributed by atoms with Gasteiger partial charge in [-0.25, -0.2) is 9.78 Å². The second-order valence-electron chi connectivity index (χ2n) is 6.78. The van der Waals surface area contributed by atoms with Gasteiger partial charge in [-0.1, -0.05) is 12.1 Å². The lowest BCUT2D eigenvalue weighted by Crippen LogP contribution is -2.42. The summed E-state index contributed by atoms with van der Waals surface area (Å²) in [5.74, 6) is -0.975. The summed E-state index contributed by atoms with van der Waals surface area (Å²) in [6.45, 7) is 5.93. The summed E-state index contributed by atoms with van der Waals surface area (Å²) in [7, 11) is 0. The zero-order chi connectivity index (χ0) is 18.4. The van der Waals surface area contributed by atoms with E-state index in [1.165, 1.54) is 0 Å². The highest BCUT2D eigenvalue weighted by atomic mass is 16.5. The van der Waals surface area contributed by atoms with E-state index in [-0.39, 0.29) is 31.0 Å². The molecule has 25 heavy (non-hydrogen) atoms. The molecule has 2 rings (SSSR count). The number of nitrogens with zero attached hydrogens (tertiary/aromatic N) is 1. The van der Waals surface area contributed by atoms with E-state index in [0.29, 0.717) is 17.9 Å². The number of amides is 1. The average Bonchev–Trinajstić information content (AvgIpc) is 2.93. The third kappa shape index (κ3) is 6.19. The molecule has 7 heteroatoms. The van der Waals surface area contributed by atoms with Gasteiger partial charge < -0.3 is 19.6 Å². The highest BCUT2D eigenvalue weighted by molar-refractivity contribution is 5.83. The highest BCUT2D eigenvalue weighted by Crippen LogP contribution is 2.15. The van der Waals surface area contributed by atoms with Gasteiger partial charge in [0, 0.05) is 25.9 Å². The van der Waals surface area contributed by atoms with Crippen LogP contribution < -0.4 is 5.32 Å². The van der Waals surface area contributed by atoms with Crippen molar-refractivity contribution in [1.82, 2.24) is 10.3 Å². The van der Waals surface area contributed by atoms with Gasteiger partial charge in [0.1, 0.15) is 11.6 Å². The number of hydrogen-bond acceptors (Lipinski definition) is 5. The lowest BCUT2D eigenvalue weighted by atomic mass is 10.1. The Balaban J connectivity index is 1.83. The first kappa shape index (κ1) is 18.9. The van der Waals surface area contributed by atoms with Crippen LogP contribution in [0.5, 0.6) is 0 Å². The molecule has 1 aromatic heterocycles. The molecule has 0 aliphatic carbocycles. The monoisotopic (exact) mass is 348 g/mol. The van der Waals surface area contributed by atoms with E-state index in [2.05, 4.69) is 10.3 Å². The van der Waals surface area contributed by atoms with Gasteiger partial charge in [0.25, 0.3) is 0 Å². The lowest BCUT2D eigenvalue weighted by Gasteiger charge is -2.21. The molecule has 0 saturated heterocycles. The minimum atomic E-state index is -1.08. The number of benzene rings is 1. The number of rotatable bonds is 8. The van der Waals surface area contributed by atoms with Crippen molar-refractivity contribution < 1.29 is 23.8 Å². The van der Waals surface area contributed by atoms with E-state index in [1.54, 1.807) is 0 Å². The molecule has 0 radical (unpaired) electrons. The Hall–Kier alpha value is -2.41. The van der Waals surface area contributed by atoms with Crippen molar-refractivity contribution in [3.05, 3.63) is 30.2 Å². The molecular formula is C18H24N2O5. The number of carboxylic acids is 1. The summed E-state index contributed by atoms with van der Waals surface area (Å²) in [6.07, 6.45) is 0.628. The Morgan fingerprint density at radius 2 is 2.04 bits per heavy atom. The van der Waals surface area contributed by atoms with Crippen LogP contribution in [0.15, 0.2) is 28.7 Å². The standard InChI is InChI=1S/C18H24N2O5/c1-18(2,3)24-11-10-13(17(22)23)19-15(21)8-9-16-20-12-6-4-5-7-14(12)25-16/h4-7,13H,8-11H2,1-3H3,(H,19,21)(H,22,23). The van der Waals surface area contributed by atoms with E-state index in [0.717, 1.165) is 5.52 Å². The van der Waals surface area contributed by atoms with Crippen LogP contribution in [0.3, 0.4) is 0 Å². The largest absolute Gasteiger partial charge is 0.480 e. The normalized spacial score (nSPS) is 12.9. The summed E-state index contributed by atoms with van der Waals surface area (Å²) < 4.78 is 11.1. The fourth-order valence-corrected chi connectivity index (χ4v) is 2.25. The predicted octanol–water partition coefficient (Wildman–Crippen LogP) is 2.54. The van der Waals surface area contributed by atoms with E-state index < -0.39 is 12.0 Å². The molecule has 0 fully saturated rings. The van der Waals surface area contributed by atoms with Gasteiger partial charge in [0.15, 0.2) is 11.5 Å². The molecule has 136 valence electrons. The van der Waals surface area contributed by atoms with Crippen molar-refractivity contribution in [2.75, 3.05) is 6.61 Å². The number of ether oxygens (including phenoxy) is 1. The minimum absolute atomic E-state index is 0.108. The summed E-state index contributed by atoms with van der Waals surface area (Å²) in [6, 6.07) is 6.37. The van der Waals surface area contributed by atoms with Gasteiger partial charge in [-0.05, 0) is 32.9 Å². The Morgan fingerprint density at radius 1 is 1.32 bits per heavy atom. The van der Waals surface area contributed by atoms with E-state index in [1.807, 2.05) is 45.0 Å². The third-order valence-corrected chi connectivity index (χ3v) is 3.48. The number of carbonyl (C=O) groups excluding carboxylic acids is 1. The van der Waals surface area contributed by atoms with Crippen molar-refractivity contribution in [2.24, 2.45) is 0 Å². The third-order valence-electron chi connectivity index (χ3n) is 3.48. The zero-order valence-corrected chi connectivity index (χ0v) is 14.7. The van der Waals surface area contributed by atoms with E-state index in [4.69, 9.17) is 9.15 Å². The number of para-hydroxylation sites is 2. The summed E-state index contributed by atoms with van der Waals surface area (Å²) in [4.78, 5) is 27.6. The number of aliphatic carboxylic acids is 1. The molecule has 0 saturated carbocycles. The first-order valence-corrected chi connectivity index (χ1v) is 8.25. The number of nitrogens with one attached hydrogen (secondary N) is 1. The number of oxazole rings is 1. The molecule has 0 bridgehead atoms. The number of hydrogen-bond donors (Lipinski definition) is 2. The summed E-state index contributed by atoms with van der Waals surface area (Å²) in [5, 5.41) is 11.7. The van der Waals surface area contributed by atoms with Crippen LogP contribution in [0.25, 0.3) is 11.1 Å². The number of aromatic nitrogens is 1. The zero-order valence-electron chi connectivity index (χ0n) is 14.7. The van der Waals surface area contributed by atoms with Gasteiger partial charge in [-0.3, -0.25) is 4.79 Å². The Kier molecular flexibility index (Phi) is 6.14. The van der Waals surface area contributed by atoms with Gasteiger partial charge in [-0.2, -0.15) is 0 Å². The topological polar surface area (TPSA) is 102 Å². The molecule has 7 nitrogen and oxygen atoms in total. The van der Waals surface area contributed by atoms with Crippen LogP contribution in [0.1, 0.15) is 39.5 Å². The molecule has 1 aromatic carbocycles. The molecule has 2 aromatic rings. The maximum absolute atomic E-state index is 12.0. The molecule has 0 aliphatic rings. The van der Waals surface area contributed by atoms with Crippen LogP contribution in [0.2, 0.25) is 0 Å². The maximum Gasteiger partial charge on any atom is 0.326 e. The average molecular weight is 348 g/mol. The fourth-order valence-electron chi connectivity index (χ4n) is 2.25. The van der Waals surface area contributed by atoms with Crippen LogP contribution in [0.4, 0.5) is 0 Å².